The van der Waals surface area contributed by atoms with Crippen LogP contribution < -0.4 is 13.9 Å². The summed E-state index contributed by atoms with van der Waals surface area (Å²) in [6.07, 6.45) is 1.04. The Morgan fingerprint density at radius 2 is 1.59 bits per heavy atom. The van der Waals surface area contributed by atoms with E-state index >= 15 is 0 Å². The number of nitrogens with one attached hydrogen (secondary N) is 1. The zero-order valence-electron chi connectivity index (χ0n) is 18.8. The number of hydrogen-bond acceptors (Lipinski definition) is 5. The molecule has 3 aromatic carbocycles. The molecule has 0 aliphatic heterocycles. The third kappa shape index (κ3) is 5.72. The number of nitrogens with zero attached hydrogens (tertiary/aromatic N) is 2. The Morgan fingerprint density at radius 3 is 2.21 bits per heavy atom. The predicted octanol–water partition coefficient (Wildman–Crippen LogP) is 3.36. The normalized spacial score (nSPS) is 11.6. The number of carbonyl (C=O) groups is 1. The van der Waals surface area contributed by atoms with E-state index in [1.54, 1.807) is 31.2 Å². The fourth-order valence-corrected chi connectivity index (χ4v) is 5.02. The number of halogens is 1. The number of carbonyl (C=O) groups excluding carboxylic acids is 1. The maximum atomic E-state index is 14.6. The van der Waals surface area contributed by atoms with E-state index in [2.05, 4.69) is 5.32 Å². The van der Waals surface area contributed by atoms with E-state index in [9.17, 15) is 26.0 Å². The van der Waals surface area contributed by atoms with Gasteiger partial charge in [-0.15, -0.1) is 0 Å². The molecule has 11 heteroatoms. The van der Waals surface area contributed by atoms with Gasteiger partial charge < -0.3 is 5.32 Å². The molecule has 0 bridgehead atoms. The molecule has 0 saturated carbocycles. The molecular formula is C23H24FN3O5S2. The van der Waals surface area contributed by atoms with Gasteiger partial charge in [0.2, 0.25) is 15.9 Å². The van der Waals surface area contributed by atoms with Crippen LogP contribution in [0.1, 0.15) is 5.56 Å². The first kappa shape index (κ1) is 25.2. The molecule has 0 spiro atoms. The van der Waals surface area contributed by atoms with Gasteiger partial charge in [0.25, 0.3) is 10.0 Å². The Hall–Kier alpha value is -3.44. The zero-order valence-corrected chi connectivity index (χ0v) is 20.4. The molecule has 34 heavy (non-hydrogen) atoms. The van der Waals surface area contributed by atoms with Gasteiger partial charge in [-0.25, -0.2) is 21.2 Å². The molecule has 3 rings (SSSR count). The molecule has 1 amide bonds. The van der Waals surface area contributed by atoms with Gasteiger partial charge >= 0.3 is 0 Å². The summed E-state index contributed by atoms with van der Waals surface area (Å²) < 4.78 is 66.6. The van der Waals surface area contributed by atoms with Gasteiger partial charge in [0.05, 0.1) is 22.5 Å². The van der Waals surface area contributed by atoms with Crippen LogP contribution in [0, 0.1) is 12.7 Å². The van der Waals surface area contributed by atoms with E-state index in [1.807, 2.05) is 0 Å². The topological polar surface area (TPSA) is 104 Å². The molecule has 0 unspecified atom stereocenters. The maximum absolute atomic E-state index is 14.6. The minimum atomic E-state index is -4.28. The third-order valence-electron chi connectivity index (χ3n) is 5.01. The van der Waals surface area contributed by atoms with E-state index in [4.69, 9.17) is 0 Å². The third-order valence-corrected chi connectivity index (χ3v) is 7.99. The van der Waals surface area contributed by atoms with Crippen LogP contribution in [0.3, 0.4) is 0 Å². The predicted molar refractivity (Wildman–Crippen MR) is 130 cm³/mol. The lowest BCUT2D eigenvalue weighted by Gasteiger charge is -2.24. The molecule has 0 aromatic heterocycles. The average molecular weight is 506 g/mol. The highest BCUT2D eigenvalue weighted by atomic mass is 32.2. The molecule has 1 N–H and O–H groups in total. The Bertz CT molecular complexity index is 1410. The lowest BCUT2D eigenvalue weighted by atomic mass is 10.2. The standard InChI is InChI=1S/C23H24FN3O5S2/c1-17-11-13-20(14-12-17)34(31,32)27(22-10-5-4-9-21(22)24)16-23(28)25-18-7-6-8-19(15-18)26(2)33(3,29)30/h4-15H,16H2,1-3H3,(H,25,28). The summed E-state index contributed by atoms with van der Waals surface area (Å²) in [7, 11) is -6.43. The van der Waals surface area contributed by atoms with Crippen molar-refractivity contribution in [2.45, 2.75) is 11.8 Å². The van der Waals surface area contributed by atoms with Crippen LogP contribution in [0.25, 0.3) is 0 Å². The van der Waals surface area contributed by atoms with Crippen molar-refractivity contribution in [1.29, 1.82) is 0 Å². The van der Waals surface area contributed by atoms with Gasteiger partial charge in [0.1, 0.15) is 12.4 Å². The largest absolute Gasteiger partial charge is 0.324 e. The SMILES string of the molecule is Cc1ccc(S(=O)(=O)N(CC(=O)Nc2cccc(N(C)S(C)(=O)=O)c2)c2ccccc2F)cc1. The Morgan fingerprint density at radius 1 is 0.941 bits per heavy atom. The summed E-state index contributed by atoms with van der Waals surface area (Å²) in [5.41, 5.74) is 1.12. The van der Waals surface area contributed by atoms with Crippen LogP contribution in [-0.4, -0.2) is 42.6 Å². The van der Waals surface area contributed by atoms with Crippen molar-refractivity contribution in [3.63, 3.8) is 0 Å². The highest BCUT2D eigenvalue weighted by Gasteiger charge is 2.29. The second-order valence-corrected chi connectivity index (χ2v) is 11.5. The minimum absolute atomic E-state index is 0.0917. The number of hydrogen-bond donors (Lipinski definition) is 1. The molecule has 0 heterocycles. The first-order valence-corrected chi connectivity index (χ1v) is 13.4. The van der Waals surface area contributed by atoms with Crippen LogP contribution in [0.15, 0.2) is 77.7 Å². The zero-order chi connectivity index (χ0) is 25.1. The van der Waals surface area contributed by atoms with Crippen molar-refractivity contribution in [3.8, 4) is 0 Å². The van der Waals surface area contributed by atoms with E-state index in [-0.39, 0.29) is 16.3 Å². The summed E-state index contributed by atoms with van der Waals surface area (Å²) in [6.45, 7) is 1.09. The van der Waals surface area contributed by atoms with Gasteiger partial charge in [-0.3, -0.25) is 13.4 Å². The molecule has 0 saturated heterocycles. The van der Waals surface area contributed by atoms with Crippen molar-refractivity contribution in [2.75, 3.05) is 33.8 Å². The first-order chi connectivity index (χ1) is 15.9. The summed E-state index contributed by atoms with van der Waals surface area (Å²) >= 11 is 0. The quantitative estimate of drug-likeness (QED) is 0.506. The summed E-state index contributed by atoms with van der Waals surface area (Å²) in [5, 5.41) is 2.55. The number of amides is 1. The lowest BCUT2D eigenvalue weighted by Crippen LogP contribution is -2.38. The molecule has 0 aliphatic carbocycles. The number of sulfonamides is 2. The minimum Gasteiger partial charge on any atom is -0.324 e. The molecule has 180 valence electrons. The van der Waals surface area contributed by atoms with E-state index in [1.165, 1.54) is 49.5 Å². The lowest BCUT2D eigenvalue weighted by molar-refractivity contribution is -0.114. The van der Waals surface area contributed by atoms with E-state index in [0.717, 1.165) is 22.2 Å². The van der Waals surface area contributed by atoms with E-state index < -0.39 is 38.3 Å². The summed E-state index contributed by atoms with van der Waals surface area (Å²) in [6, 6.07) is 17.3. The van der Waals surface area contributed by atoms with Crippen LogP contribution in [-0.2, 0) is 24.8 Å². The molecule has 0 radical (unpaired) electrons. The highest BCUT2D eigenvalue weighted by Crippen LogP contribution is 2.27. The van der Waals surface area contributed by atoms with Crippen molar-refractivity contribution in [2.24, 2.45) is 0 Å². The Balaban J connectivity index is 1.93. The van der Waals surface area contributed by atoms with E-state index in [0.29, 0.717) is 9.99 Å². The van der Waals surface area contributed by atoms with Gasteiger partial charge in [-0.2, -0.15) is 0 Å². The number of anilines is 3. The van der Waals surface area contributed by atoms with Crippen molar-refractivity contribution in [1.82, 2.24) is 0 Å². The molecule has 0 fully saturated rings. The van der Waals surface area contributed by atoms with Gasteiger partial charge in [0, 0.05) is 12.7 Å². The molecule has 0 aliphatic rings. The van der Waals surface area contributed by atoms with Crippen molar-refractivity contribution in [3.05, 3.63) is 84.2 Å². The Labute approximate surface area is 198 Å². The van der Waals surface area contributed by atoms with Crippen LogP contribution in [0.5, 0.6) is 0 Å². The second-order valence-electron chi connectivity index (χ2n) is 7.61. The fraction of sp³-hybridized carbons (Fsp3) is 0.174. The molecular weight excluding hydrogens is 481 g/mol. The number of rotatable bonds is 8. The molecule has 3 aromatic rings. The van der Waals surface area contributed by atoms with Crippen molar-refractivity contribution < 1.29 is 26.0 Å². The van der Waals surface area contributed by atoms with Gasteiger partial charge in [-0.05, 0) is 49.4 Å². The number of para-hydroxylation sites is 1. The summed E-state index contributed by atoms with van der Waals surface area (Å²) in [4.78, 5) is 12.8. The highest BCUT2D eigenvalue weighted by molar-refractivity contribution is 7.93. The maximum Gasteiger partial charge on any atom is 0.264 e. The Kier molecular flexibility index (Phi) is 7.27. The van der Waals surface area contributed by atoms with Crippen LogP contribution in [0.2, 0.25) is 0 Å². The van der Waals surface area contributed by atoms with Gasteiger partial charge in [-0.1, -0.05) is 35.9 Å². The summed E-state index contributed by atoms with van der Waals surface area (Å²) in [5.74, 6) is -1.54. The fourth-order valence-electron chi connectivity index (χ4n) is 3.09. The second kappa shape index (κ2) is 9.82. The molecule has 0 atom stereocenters. The average Bonchev–Trinajstić information content (AvgIpc) is 2.77. The monoisotopic (exact) mass is 505 g/mol. The number of benzene rings is 3. The van der Waals surface area contributed by atoms with Crippen LogP contribution >= 0.6 is 0 Å². The molecule has 8 nitrogen and oxygen atoms in total. The number of aryl methyl sites for hydroxylation is 1. The smallest absolute Gasteiger partial charge is 0.264 e. The van der Waals surface area contributed by atoms with Crippen molar-refractivity contribution >= 4 is 43.0 Å². The van der Waals surface area contributed by atoms with Crippen LogP contribution in [0.4, 0.5) is 21.5 Å². The first-order valence-electron chi connectivity index (χ1n) is 10.1. The van der Waals surface area contributed by atoms with Gasteiger partial charge in [0.15, 0.2) is 0 Å².